The number of nitrogens with one attached hydrogen (secondary N) is 1. The van der Waals surface area contributed by atoms with Crippen molar-refractivity contribution in [2.45, 2.75) is 44.4 Å². The normalized spacial score (nSPS) is 32.6. The topological polar surface area (TPSA) is 82.1 Å². The molecule has 3 fully saturated rings. The van der Waals surface area contributed by atoms with Crippen LogP contribution in [0.15, 0.2) is 0 Å². The Morgan fingerprint density at radius 2 is 2.00 bits per heavy atom. The van der Waals surface area contributed by atoms with Crippen LogP contribution in [0.25, 0.3) is 0 Å². The number of carbonyl (C=O) groups excluding carboxylic acids is 2. The van der Waals surface area contributed by atoms with E-state index < -0.39 is 6.10 Å². The zero-order chi connectivity index (χ0) is 16.4. The molecule has 3 aliphatic rings. The number of carbonyl (C=O) groups is 2. The van der Waals surface area contributed by atoms with Crippen LogP contribution < -0.4 is 5.32 Å². The minimum absolute atomic E-state index is 0.0465. The number of hydrogen-bond donors (Lipinski definition) is 2. The molecule has 0 aromatic rings. The van der Waals surface area contributed by atoms with Crippen LogP contribution in [-0.4, -0.2) is 84.3 Å². The highest BCUT2D eigenvalue weighted by molar-refractivity contribution is 5.81. The Balaban J connectivity index is 1.46. The summed E-state index contributed by atoms with van der Waals surface area (Å²) in [4.78, 5) is 27.4. The molecular weight excluding hydrogens is 298 g/mol. The maximum absolute atomic E-state index is 11.8. The van der Waals surface area contributed by atoms with Crippen LogP contribution in [0.1, 0.15) is 26.2 Å². The Morgan fingerprint density at radius 3 is 2.70 bits per heavy atom. The minimum Gasteiger partial charge on any atom is -0.388 e. The van der Waals surface area contributed by atoms with Gasteiger partial charge in [0.15, 0.2) is 0 Å². The third-order valence-corrected chi connectivity index (χ3v) is 5.03. The molecule has 23 heavy (non-hydrogen) atoms. The quantitative estimate of drug-likeness (QED) is 0.707. The van der Waals surface area contributed by atoms with Crippen LogP contribution in [0.5, 0.6) is 0 Å². The van der Waals surface area contributed by atoms with Gasteiger partial charge in [-0.25, -0.2) is 0 Å². The molecule has 2 N–H and O–H groups in total. The van der Waals surface area contributed by atoms with E-state index in [9.17, 15) is 14.7 Å². The molecule has 0 radical (unpaired) electrons. The van der Waals surface area contributed by atoms with E-state index in [2.05, 4.69) is 10.2 Å². The summed E-state index contributed by atoms with van der Waals surface area (Å²) in [5.74, 6) is 0.307. The molecule has 3 rings (SSSR count). The summed E-state index contributed by atoms with van der Waals surface area (Å²) in [5, 5.41) is 13.3. The van der Waals surface area contributed by atoms with Crippen molar-refractivity contribution in [3.05, 3.63) is 0 Å². The molecule has 7 heteroatoms. The zero-order valence-electron chi connectivity index (χ0n) is 13.7. The summed E-state index contributed by atoms with van der Waals surface area (Å²) in [6, 6.07) is -0.297. The summed E-state index contributed by atoms with van der Waals surface area (Å²) in [6.07, 6.45) is 1.91. The molecular formula is C16H27N3O4. The first-order valence-corrected chi connectivity index (χ1v) is 8.62. The highest BCUT2D eigenvalue weighted by Crippen LogP contribution is 2.29. The average molecular weight is 325 g/mol. The smallest absolute Gasteiger partial charge is 0.223 e. The molecule has 2 aliphatic heterocycles. The zero-order valence-corrected chi connectivity index (χ0v) is 13.7. The van der Waals surface area contributed by atoms with E-state index in [4.69, 9.17) is 4.74 Å². The lowest BCUT2D eigenvalue weighted by Crippen LogP contribution is -2.47. The van der Waals surface area contributed by atoms with Gasteiger partial charge in [0.05, 0.1) is 18.8 Å². The number of aliphatic hydroxyl groups excluding tert-OH is 1. The Kier molecular flexibility index (Phi) is 5.18. The SMILES string of the molecule is CC(=O)N1CCCN(C[C@@H]2OC[C@H](NC(=O)C3CC3)[C@H]2O)CC1. The second-order valence-corrected chi connectivity index (χ2v) is 6.91. The molecule has 7 nitrogen and oxygen atoms in total. The maximum Gasteiger partial charge on any atom is 0.223 e. The van der Waals surface area contributed by atoms with E-state index >= 15 is 0 Å². The van der Waals surface area contributed by atoms with Gasteiger partial charge in [-0.3, -0.25) is 14.5 Å². The van der Waals surface area contributed by atoms with Gasteiger partial charge in [-0.1, -0.05) is 0 Å². The van der Waals surface area contributed by atoms with E-state index in [1.807, 2.05) is 4.90 Å². The highest BCUT2D eigenvalue weighted by Gasteiger charge is 2.40. The van der Waals surface area contributed by atoms with Gasteiger partial charge in [-0.2, -0.15) is 0 Å². The number of ether oxygens (including phenoxy) is 1. The molecule has 0 aromatic carbocycles. The molecule has 3 atom stereocenters. The lowest BCUT2D eigenvalue weighted by Gasteiger charge is -2.26. The predicted molar refractivity (Wildman–Crippen MR) is 83.7 cm³/mol. The third kappa shape index (κ3) is 4.22. The van der Waals surface area contributed by atoms with E-state index in [-0.39, 0.29) is 29.9 Å². The summed E-state index contributed by atoms with van der Waals surface area (Å²) in [5.41, 5.74) is 0. The molecule has 2 amide bonds. The van der Waals surface area contributed by atoms with Gasteiger partial charge in [0.25, 0.3) is 0 Å². The number of hydrogen-bond acceptors (Lipinski definition) is 5. The van der Waals surface area contributed by atoms with Crippen molar-refractivity contribution in [2.75, 3.05) is 39.3 Å². The fraction of sp³-hybridized carbons (Fsp3) is 0.875. The lowest BCUT2D eigenvalue weighted by molar-refractivity contribution is -0.128. The molecule has 130 valence electrons. The molecule has 0 aromatic heterocycles. The summed E-state index contributed by atoms with van der Waals surface area (Å²) < 4.78 is 5.71. The van der Waals surface area contributed by atoms with Crippen LogP contribution in [0.2, 0.25) is 0 Å². The first-order chi connectivity index (χ1) is 11.0. The Labute approximate surface area is 136 Å². The molecule has 1 aliphatic carbocycles. The largest absolute Gasteiger partial charge is 0.388 e. The number of aliphatic hydroxyl groups is 1. The molecule has 0 spiro atoms. The first kappa shape index (κ1) is 16.7. The average Bonchev–Trinajstić information content (AvgIpc) is 3.32. The number of amides is 2. The summed E-state index contributed by atoms with van der Waals surface area (Å²) >= 11 is 0. The van der Waals surface area contributed by atoms with Gasteiger partial charge in [0.1, 0.15) is 6.10 Å². The van der Waals surface area contributed by atoms with E-state index in [0.717, 1.165) is 45.4 Å². The Bertz CT molecular complexity index is 455. The number of nitrogens with zero attached hydrogens (tertiary/aromatic N) is 2. The van der Waals surface area contributed by atoms with Crippen molar-refractivity contribution in [2.24, 2.45) is 5.92 Å². The van der Waals surface area contributed by atoms with Crippen LogP contribution in [0.4, 0.5) is 0 Å². The Morgan fingerprint density at radius 1 is 1.22 bits per heavy atom. The minimum atomic E-state index is -0.662. The van der Waals surface area contributed by atoms with Gasteiger partial charge in [0.2, 0.25) is 11.8 Å². The van der Waals surface area contributed by atoms with Crippen molar-refractivity contribution in [3.8, 4) is 0 Å². The van der Waals surface area contributed by atoms with Crippen molar-refractivity contribution in [1.82, 2.24) is 15.1 Å². The van der Waals surface area contributed by atoms with E-state index in [1.165, 1.54) is 0 Å². The molecule has 2 saturated heterocycles. The van der Waals surface area contributed by atoms with Gasteiger partial charge >= 0.3 is 0 Å². The predicted octanol–water partition coefficient (Wildman–Crippen LogP) is -0.805. The van der Waals surface area contributed by atoms with Gasteiger partial charge in [-0.15, -0.1) is 0 Å². The van der Waals surface area contributed by atoms with Crippen LogP contribution in [0.3, 0.4) is 0 Å². The van der Waals surface area contributed by atoms with Crippen LogP contribution in [-0.2, 0) is 14.3 Å². The lowest BCUT2D eigenvalue weighted by atomic mass is 10.1. The van der Waals surface area contributed by atoms with Crippen LogP contribution >= 0.6 is 0 Å². The fourth-order valence-corrected chi connectivity index (χ4v) is 3.34. The van der Waals surface area contributed by atoms with Gasteiger partial charge < -0.3 is 20.1 Å². The van der Waals surface area contributed by atoms with E-state index in [0.29, 0.717) is 13.2 Å². The highest BCUT2D eigenvalue weighted by atomic mass is 16.5. The molecule has 1 saturated carbocycles. The van der Waals surface area contributed by atoms with Crippen molar-refractivity contribution >= 4 is 11.8 Å². The Hall–Kier alpha value is -1.18. The fourth-order valence-electron chi connectivity index (χ4n) is 3.34. The van der Waals surface area contributed by atoms with Crippen molar-refractivity contribution in [3.63, 3.8) is 0 Å². The summed E-state index contributed by atoms with van der Waals surface area (Å²) in [7, 11) is 0. The van der Waals surface area contributed by atoms with Gasteiger partial charge in [-0.05, 0) is 25.8 Å². The van der Waals surface area contributed by atoms with Gasteiger partial charge in [0, 0.05) is 39.0 Å². The third-order valence-electron chi connectivity index (χ3n) is 5.03. The number of rotatable bonds is 4. The second-order valence-electron chi connectivity index (χ2n) is 6.91. The van der Waals surface area contributed by atoms with Crippen molar-refractivity contribution < 1.29 is 19.4 Å². The maximum atomic E-state index is 11.8. The van der Waals surface area contributed by atoms with E-state index in [1.54, 1.807) is 6.92 Å². The molecule has 2 heterocycles. The summed E-state index contributed by atoms with van der Waals surface area (Å²) in [6.45, 7) is 5.83. The molecule has 0 bridgehead atoms. The monoisotopic (exact) mass is 325 g/mol. The van der Waals surface area contributed by atoms with Crippen LogP contribution in [0, 0.1) is 5.92 Å². The van der Waals surface area contributed by atoms with Crippen molar-refractivity contribution in [1.29, 1.82) is 0 Å². The molecule has 0 unspecified atom stereocenters. The first-order valence-electron chi connectivity index (χ1n) is 8.62. The standard InChI is InChI=1S/C16H27N3O4/c1-11(20)19-6-2-5-18(7-8-19)9-14-15(21)13(10-23-14)17-16(22)12-3-4-12/h12-15,21H,2-10H2,1H3,(H,17,22)/t13-,14-,15+/m0/s1. The second kappa shape index (κ2) is 7.15.